The van der Waals surface area contributed by atoms with Crippen LogP contribution in [-0.4, -0.2) is 30.6 Å². The summed E-state index contributed by atoms with van der Waals surface area (Å²) in [5.74, 6) is -3.34. The fourth-order valence-electron chi connectivity index (χ4n) is 4.34. The predicted octanol–water partition coefficient (Wildman–Crippen LogP) is 6.43. The summed E-state index contributed by atoms with van der Waals surface area (Å²) in [6.45, 7) is 3.82. The first-order valence-corrected chi connectivity index (χ1v) is 13.1. The smallest absolute Gasteiger partial charge is 0.383 e. The van der Waals surface area contributed by atoms with Crippen molar-refractivity contribution in [3.63, 3.8) is 0 Å². The fraction of sp³-hybridized carbons (Fsp3) is 0.138. The highest BCUT2D eigenvalue weighted by Crippen LogP contribution is 2.39. The number of hydrogen-bond acceptors (Lipinski definition) is 7. The Bertz CT molecular complexity index is 1790. The maximum Gasteiger partial charge on any atom is 0.451 e. The van der Waals surface area contributed by atoms with E-state index in [1.165, 1.54) is 36.7 Å². The number of nitrogens with two attached hydrogens (primary N) is 1. The van der Waals surface area contributed by atoms with E-state index in [0.29, 0.717) is 5.69 Å². The zero-order chi connectivity index (χ0) is 30.2. The number of carbonyl (C=O) groups is 1. The van der Waals surface area contributed by atoms with Crippen molar-refractivity contribution in [2.45, 2.75) is 25.8 Å². The van der Waals surface area contributed by atoms with Crippen molar-refractivity contribution in [1.29, 1.82) is 0 Å². The quantitative estimate of drug-likeness (QED) is 0.155. The minimum absolute atomic E-state index is 0.0623. The van der Waals surface area contributed by atoms with E-state index >= 15 is 0 Å². The van der Waals surface area contributed by atoms with E-state index in [-0.39, 0.29) is 51.0 Å². The van der Waals surface area contributed by atoms with Gasteiger partial charge in [0.25, 0.3) is 5.91 Å². The molecule has 0 aliphatic heterocycles. The molecule has 3 heterocycles. The third kappa shape index (κ3) is 5.55. The van der Waals surface area contributed by atoms with Gasteiger partial charge in [0.2, 0.25) is 5.82 Å². The molecule has 214 valence electrons. The second kappa shape index (κ2) is 11.2. The van der Waals surface area contributed by atoms with Crippen LogP contribution in [0.4, 0.5) is 29.1 Å². The van der Waals surface area contributed by atoms with Crippen LogP contribution in [0.5, 0.6) is 0 Å². The molecule has 0 spiro atoms. The largest absolute Gasteiger partial charge is 0.451 e. The highest BCUT2D eigenvalue weighted by Gasteiger charge is 2.38. The van der Waals surface area contributed by atoms with Crippen LogP contribution in [0.3, 0.4) is 0 Å². The first-order valence-electron chi connectivity index (χ1n) is 12.5. The number of halogens is 4. The molecule has 42 heavy (non-hydrogen) atoms. The van der Waals surface area contributed by atoms with Gasteiger partial charge in [-0.15, -0.1) is 0 Å². The van der Waals surface area contributed by atoms with E-state index in [9.17, 15) is 22.4 Å². The second-order valence-corrected chi connectivity index (χ2v) is 9.68. The molecule has 0 unspecified atom stereocenters. The van der Waals surface area contributed by atoms with Crippen LogP contribution in [0.15, 0.2) is 67.0 Å². The molecule has 5 rings (SSSR count). The first kappa shape index (κ1) is 28.7. The van der Waals surface area contributed by atoms with Crippen molar-refractivity contribution < 1.29 is 22.4 Å². The number of anilines is 2. The van der Waals surface area contributed by atoms with Gasteiger partial charge >= 0.3 is 6.18 Å². The van der Waals surface area contributed by atoms with Gasteiger partial charge in [0.05, 0.1) is 17.0 Å². The third-order valence-corrected chi connectivity index (χ3v) is 6.87. The molecule has 13 heteroatoms. The minimum atomic E-state index is -4.95. The van der Waals surface area contributed by atoms with Gasteiger partial charge in [-0.25, -0.2) is 14.4 Å². The molecule has 0 saturated carbocycles. The number of nitrogen functional groups attached to an aromatic ring is 1. The lowest BCUT2D eigenvalue weighted by molar-refractivity contribution is -0.144. The number of amides is 1. The molecular weight excluding hydrogens is 570 g/mol. The number of alkyl halides is 3. The standard InChI is InChI=1S/C29H23F4N7OS/c1-15-3-8-20(13-16(15)2)36-27(41)23-21(14-42)39-40(25(23)34)26-22(17-4-6-19(30)7-5-17)24(18-9-11-35-12-10-18)37-28(38-26)29(31,32)33/h3-13,42H,14,34H2,1-2H3,(H,36,41). The van der Waals surface area contributed by atoms with Gasteiger partial charge < -0.3 is 11.1 Å². The summed E-state index contributed by atoms with van der Waals surface area (Å²) in [6.07, 6.45) is -2.15. The number of pyridine rings is 1. The zero-order valence-corrected chi connectivity index (χ0v) is 23.1. The average molecular weight is 594 g/mol. The van der Waals surface area contributed by atoms with Crippen LogP contribution in [0.25, 0.3) is 28.2 Å². The van der Waals surface area contributed by atoms with Crippen molar-refractivity contribution in [3.05, 3.63) is 101 Å². The Morgan fingerprint density at radius 2 is 1.67 bits per heavy atom. The number of hydrogen-bond donors (Lipinski definition) is 3. The lowest BCUT2D eigenvalue weighted by Gasteiger charge is -2.17. The number of thiol groups is 1. The number of nitrogens with zero attached hydrogens (tertiary/aromatic N) is 5. The molecule has 5 aromatic rings. The van der Waals surface area contributed by atoms with Crippen molar-refractivity contribution in [2.75, 3.05) is 11.1 Å². The summed E-state index contributed by atoms with van der Waals surface area (Å²) >= 11 is 4.28. The van der Waals surface area contributed by atoms with Crippen LogP contribution >= 0.6 is 12.6 Å². The van der Waals surface area contributed by atoms with Crippen LogP contribution in [0.1, 0.15) is 33.0 Å². The molecule has 0 aliphatic carbocycles. The SMILES string of the molecule is Cc1ccc(NC(=O)c2c(CS)nn(-c3nc(C(F)(F)F)nc(-c4ccncc4)c3-c3ccc(F)cc3)c2N)cc1C. The predicted molar refractivity (Wildman–Crippen MR) is 154 cm³/mol. The van der Waals surface area contributed by atoms with Crippen LogP contribution in [-0.2, 0) is 11.9 Å². The Morgan fingerprint density at radius 1 is 0.976 bits per heavy atom. The van der Waals surface area contributed by atoms with Gasteiger partial charge in [-0.1, -0.05) is 18.2 Å². The molecule has 3 aromatic heterocycles. The van der Waals surface area contributed by atoms with Crippen molar-refractivity contribution in [1.82, 2.24) is 24.7 Å². The van der Waals surface area contributed by atoms with E-state index in [4.69, 9.17) is 5.73 Å². The van der Waals surface area contributed by atoms with Crippen molar-refractivity contribution in [3.8, 4) is 28.2 Å². The number of nitrogens with one attached hydrogen (secondary N) is 1. The molecule has 8 nitrogen and oxygen atoms in total. The van der Waals surface area contributed by atoms with E-state index in [2.05, 4.69) is 38.0 Å². The van der Waals surface area contributed by atoms with Crippen LogP contribution in [0, 0.1) is 19.7 Å². The van der Waals surface area contributed by atoms with Gasteiger partial charge in [-0.3, -0.25) is 9.78 Å². The molecule has 0 atom stereocenters. The summed E-state index contributed by atoms with van der Waals surface area (Å²) in [5, 5.41) is 7.13. The van der Waals surface area contributed by atoms with E-state index < -0.39 is 23.7 Å². The number of rotatable bonds is 6. The molecule has 0 aliphatic rings. The summed E-state index contributed by atoms with van der Waals surface area (Å²) < 4.78 is 57.2. The fourth-order valence-corrected chi connectivity index (χ4v) is 4.56. The van der Waals surface area contributed by atoms with Crippen molar-refractivity contribution >= 4 is 30.0 Å². The Balaban J connectivity index is 1.77. The minimum Gasteiger partial charge on any atom is -0.383 e. The maximum atomic E-state index is 14.1. The molecule has 0 saturated heterocycles. The molecule has 2 aromatic carbocycles. The zero-order valence-electron chi connectivity index (χ0n) is 22.2. The number of benzene rings is 2. The van der Waals surface area contributed by atoms with Gasteiger partial charge in [-0.2, -0.15) is 35.6 Å². The molecule has 0 radical (unpaired) electrons. The number of aromatic nitrogens is 5. The monoisotopic (exact) mass is 593 g/mol. The Labute approximate surface area is 243 Å². The molecule has 0 bridgehead atoms. The lowest BCUT2D eigenvalue weighted by atomic mass is 10.00. The third-order valence-electron chi connectivity index (χ3n) is 6.57. The number of carbonyl (C=O) groups excluding carboxylic acids is 1. The summed E-state index contributed by atoms with van der Waals surface area (Å²) in [7, 11) is 0. The molecule has 1 amide bonds. The lowest BCUT2D eigenvalue weighted by Crippen LogP contribution is -2.18. The molecule has 0 fully saturated rings. The normalized spacial score (nSPS) is 11.5. The van der Waals surface area contributed by atoms with Gasteiger partial charge in [-0.05, 0) is 66.9 Å². The van der Waals surface area contributed by atoms with Crippen LogP contribution in [0.2, 0.25) is 0 Å². The second-order valence-electron chi connectivity index (χ2n) is 9.36. The van der Waals surface area contributed by atoms with Crippen molar-refractivity contribution in [2.24, 2.45) is 0 Å². The molecule has 3 N–H and O–H groups in total. The number of aryl methyl sites for hydroxylation is 2. The Morgan fingerprint density at radius 3 is 2.29 bits per heavy atom. The van der Waals surface area contributed by atoms with Gasteiger partial charge in [0.15, 0.2) is 5.82 Å². The van der Waals surface area contributed by atoms with Gasteiger partial charge in [0, 0.05) is 29.4 Å². The van der Waals surface area contributed by atoms with E-state index in [0.717, 1.165) is 27.9 Å². The maximum absolute atomic E-state index is 14.1. The average Bonchev–Trinajstić information content (AvgIpc) is 3.31. The summed E-state index contributed by atoms with van der Waals surface area (Å²) in [4.78, 5) is 25.0. The summed E-state index contributed by atoms with van der Waals surface area (Å²) in [5.41, 5.74) is 9.46. The Hall–Kier alpha value is -4.78. The first-order chi connectivity index (χ1) is 20.0. The van der Waals surface area contributed by atoms with E-state index in [1.54, 1.807) is 12.1 Å². The summed E-state index contributed by atoms with van der Waals surface area (Å²) in [6, 6.07) is 13.4. The van der Waals surface area contributed by atoms with Gasteiger partial charge in [0.1, 0.15) is 17.2 Å². The van der Waals surface area contributed by atoms with E-state index in [1.807, 2.05) is 19.9 Å². The Kier molecular flexibility index (Phi) is 7.69. The highest BCUT2D eigenvalue weighted by atomic mass is 32.1. The molecular formula is C29H23F4N7OS. The van der Waals surface area contributed by atoms with Crippen LogP contribution < -0.4 is 11.1 Å². The topological polar surface area (TPSA) is 112 Å². The highest BCUT2D eigenvalue weighted by molar-refractivity contribution is 7.79.